The van der Waals surface area contributed by atoms with Crippen molar-refractivity contribution < 1.29 is 0 Å². The van der Waals surface area contributed by atoms with E-state index >= 15 is 0 Å². The van der Waals surface area contributed by atoms with Crippen LogP contribution in [0.5, 0.6) is 0 Å². The van der Waals surface area contributed by atoms with Crippen molar-refractivity contribution in [2.24, 2.45) is 17.3 Å². The molecule has 0 spiro atoms. The van der Waals surface area contributed by atoms with Crippen LogP contribution in [-0.2, 0) is 0 Å². The molecular weight excluding hydrogens is 144 g/mol. The minimum absolute atomic E-state index is 0.633. The van der Waals surface area contributed by atoms with Gasteiger partial charge >= 0.3 is 0 Å². The third-order valence-corrected chi connectivity index (χ3v) is 3.14. The van der Waals surface area contributed by atoms with Gasteiger partial charge in [0.1, 0.15) is 0 Å². The van der Waals surface area contributed by atoms with Gasteiger partial charge in [0.2, 0.25) is 0 Å². The summed E-state index contributed by atoms with van der Waals surface area (Å²) in [5, 5.41) is 0. The maximum absolute atomic E-state index is 2.42. The average Bonchev–Trinajstić information content (AvgIpc) is 2.33. The highest BCUT2D eigenvalue weighted by Gasteiger charge is 2.35. The van der Waals surface area contributed by atoms with Crippen LogP contribution in [0.25, 0.3) is 0 Å². The van der Waals surface area contributed by atoms with Crippen molar-refractivity contribution in [2.45, 2.75) is 60.8 Å². The average molecular weight is 170 g/mol. The first kappa shape index (κ1) is 12.0. The second-order valence-electron chi connectivity index (χ2n) is 4.73. The van der Waals surface area contributed by atoms with E-state index < -0.39 is 0 Å². The summed E-state index contributed by atoms with van der Waals surface area (Å²) >= 11 is 0. The molecule has 0 aromatic heterocycles. The Morgan fingerprint density at radius 1 is 1.17 bits per heavy atom. The second kappa shape index (κ2) is 4.89. The van der Waals surface area contributed by atoms with Crippen LogP contribution in [0.2, 0.25) is 0 Å². The molecule has 1 aliphatic carbocycles. The van der Waals surface area contributed by atoms with Crippen LogP contribution in [0.15, 0.2) is 0 Å². The third-order valence-electron chi connectivity index (χ3n) is 3.14. The Kier molecular flexibility index (Phi) is 4.89. The SMILES string of the molecule is CC.CC(C)C1CCCC1(C)C. The van der Waals surface area contributed by atoms with Crippen molar-refractivity contribution in [1.82, 2.24) is 0 Å². The molecule has 1 unspecified atom stereocenters. The summed E-state index contributed by atoms with van der Waals surface area (Å²) in [6.07, 6.45) is 4.36. The Labute approximate surface area is 78.8 Å². The van der Waals surface area contributed by atoms with Gasteiger partial charge in [0.25, 0.3) is 0 Å². The van der Waals surface area contributed by atoms with Crippen molar-refractivity contribution >= 4 is 0 Å². The van der Waals surface area contributed by atoms with Gasteiger partial charge in [-0.1, -0.05) is 48.0 Å². The van der Waals surface area contributed by atoms with Gasteiger partial charge < -0.3 is 0 Å². The Morgan fingerprint density at radius 2 is 1.67 bits per heavy atom. The number of hydrogen-bond donors (Lipinski definition) is 0. The Morgan fingerprint density at radius 3 is 1.83 bits per heavy atom. The predicted molar refractivity (Wildman–Crippen MR) is 57.3 cm³/mol. The molecule has 0 aromatic carbocycles. The lowest BCUT2D eigenvalue weighted by Crippen LogP contribution is -2.21. The van der Waals surface area contributed by atoms with Gasteiger partial charge in [-0.05, 0) is 30.1 Å². The summed E-state index contributed by atoms with van der Waals surface area (Å²) in [5.41, 5.74) is 0.633. The van der Waals surface area contributed by atoms with E-state index in [4.69, 9.17) is 0 Å². The van der Waals surface area contributed by atoms with E-state index in [2.05, 4.69) is 27.7 Å². The fraction of sp³-hybridized carbons (Fsp3) is 1.00. The maximum Gasteiger partial charge on any atom is -0.0323 e. The van der Waals surface area contributed by atoms with E-state index in [-0.39, 0.29) is 0 Å². The van der Waals surface area contributed by atoms with Gasteiger partial charge in [-0.3, -0.25) is 0 Å². The first-order valence-electron chi connectivity index (χ1n) is 5.54. The summed E-state index contributed by atoms with van der Waals surface area (Å²) in [5.74, 6) is 1.87. The highest BCUT2D eigenvalue weighted by Crippen LogP contribution is 2.46. The third kappa shape index (κ3) is 2.80. The van der Waals surface area contributed by atoms with Crippen LogP contribution in [0.4, 0.5) is 0 Å². The summed E-state index contributed by atoms with van der Waals surface area (Å²) in [6, 6.07) is 0. The van der Waals surface area contributed by atoms with Gasteiger partial charge in [-0.15, -0.1) is 0 Å². The van der Waals surface area contributed by atoms with Crippen molar-refractivity contribution in [1.29, 1.82) is 0 Å². The van der Waals surface area contributed by atoms with E-state index in [0.29, 0.717) is 5.41 Å². The lowest BCUT2D eigenvalue weighted by Gasteiger charge is -2.30. The van der Waals surface area contributed by atoms with Crippen LogP contribution in [0.1, 0.15) is 60.8 Å². The fourth-order valence-electron chi connectivity index (χ4n) is 2.59. The fourth-order valence-corrected chi connectivity index (χ4v) is 2.59. The molecule has 74 valence electrons. The molecule has 0 saturated heterocycles. The van der Waals surface area contributed by atoms with Gasteiger partial charge in [0.05, 0.1) is 0 Å². The molecule has 1 saturated carbocycles. The molecule has 0 nitrogen and oxygen atoms in total. The molecule has 0 aliphatic heterocycles. The smallest absolute Gasteiger partial charge is 0.0323 e. The van der Waals surface area contributed by atoms with Gasteiger partial charge in [0.15, 0.2) is 0 Å². The van der Waals surface area contributed by atoms with Crippen LogP contribution in [0, 0.1) is 17.3 Å². The van der Waals surface area contributed by atoms with Crippen molar-refractivity contribution in [3.63, 3.8) is 0 Å². The van der Waals surface area contributed by atoms with Crippen LogP contribution < -0.4 is 0 Å². The lowest BCUT2D eigenvalue weighted by atomic mass is 9.76. The largest absolute Gasteiger partial charge is 0.0683 e. The van der Waals surface area contributed by atoms with E-state index in [0.717, 1.165) is 11.8 Å². The first-order chi connectivity index (χ1) is 5.54. The van der Waals surface area contributed by atoms with Gasteiger partial charge in [-0.2, -0.15) is 0 Å². The highest BCUT2D eigenvalue weighted by atomic mass is 14.4. The minimum Gasteiger partial charge on any atom is -0.0683 e. The van der Waals surface area contributed by atoms with Crippen LogP contribution in [-0.4, -0.2) is 0 Å². The van der Waals surface area contributed by atoms with Gasteiger partial charge in [-0.25, -0.2) is 0 Å². The Hall–Kier alpha value is 0. The lowest BCUT2D eigenvalue weighted by molar-refractivity contribution is 0.199. The monoisotopic (exact) mass is 170 g/mol. The molecule has 0 aromatic rings. The van der Waals surface area contributed by atoms with Crippen molar-refractivity contribution in [2.75, 3.05) is 0 Å². The molecule has 1 fully saturated rings. The molecule has 0 heteroatoms. The zero-order chi connectivity index (χ0) is 9.78. The van der Waals surface area contributed by atoms with Gasteiger partial charge in [0, 0.05) is 0 Å². The summed E-state index contributed by atoms with van der Waals surface area (Å²) < 4.78 is 0. The number of rotatable bonds is 1. The van der Waals surface area contributed by atoms with E-state index in [1.165, 1.54) is 19.3 Å². The summed E-state index contributed by atoms with van der Waals surface area (Å²) in [4.78, 5) is 0. The van der Waals surface area contributed by atoms with Crippen LogP contribution in [0.3, 0.4) is 0 Å². The maximum atomic E-state index is 2.42. The number of hydrogen-bond acceptors (Lipinski definition) is 0. The summed E-state index contributed by atoms with van der Waals surface area (Å²) in [7, 11) is 0. The Balaban J connectivity index is 0.000000561. The van der Waals surface area contributed by atoms with Crippen molar-refractivity contribution in [3.8, 4) is 0 Å². The van der Waals surface area contributed by atoms with Crippen LogP contribution >= 0.6 is 0 Å². The zero-order valence-corrected chi connectivity index (χ0v) is 9.78. The highest BCUT2D eigenvalue weighted by molar-refractivity contribution is 4.86. The van der Waals surface area contributed by atoms with E-state index in [9.17, 15) is 0 Å². The molecule has 1 aliphatic rings. The molecule has 1 atom stereocenters. The Bertz CT molecular complexity index is 111. The second-order valence-corrected chi connectivity index (χ2v) is 4.73. The topological polar surface area (TPSA) is 0 Å². The predicted octanol–water partition coefficient (Wildman–Crippen LogP) is 4.49. The quantitative estimate of drug-likeness (QED) is 0.543. The molecule has 0 bridgehead atoms. The summed E-state index contributed by atoms with van der Waals surface area (Å²) in [6.45, 7) is 13.6. The standard InChI is InChI=1S/C10H20.C2H6/c1-8(2)9-6-5-7-10(9,3)4;1-2/h8-9H,5-7H2,1-4H3;1-2H3. The molecule has 0 heterocycles. The molecule has 0 amide bonds. The van der Waals surface area contributed by atoms with E-state index in [1.54, 1.807) is 0 Å². The molecule has 0 N–H and O–H groups in total. The minimum atomic E-state index is 0.633. The normalized spacial score (nSPS) is 26.8. The first-order valence-corrected chi connectivity index (χ1v) is 5.54. The van der Waals surface area contributed by atoms with Crippen molar-refractivity contribution in [3.05, 3.63) is 0 Å². The molecule has 1 rings (SSSR count). The molecule has 12 heavy (non-hydrogen) atoms. The van der Waals surface area contributed by atoms with E-state index in [1.807, 2.05) is 13.8 Å². The molecule has 0 radical (unpaired) electrons. The zero-order valence-electron chi connectivity index (χ0n) is 9.78. The molecular formula is C12H26.